The fraction of sp³-hybridized carbons (Fsp3) is 0.471. The molecule has 2 rings (SSSR count). The first-order chi connectivity index (χ1) is 9.74. The molecule has 1 aromatic heterocycles. The molecule has 0 bridgehead atoms. The van der Waals surface area contributed by atoms with Gasteiger partial charge in [-0.1, -0.05) is 48.8 Å². The molecular formula is C17H23BrN2O. The molecule has 1 heterocycles. The summed E-state index contributed by atoms with van der Waals surface area (Å²) in [6.07, 6.45) is 0. The summed E-state index contributed by atoms with van der Waals surface area (Å²) in [5.41, 5.74) is 4.52. The van der Waals surface area contributed by atoms with Gasteiger partial charge >= 0.3 is 0 Å². The van der Waals surface area contributed by atoms with E-state index in [1.165, 1.54) is 11.1 Å². The Bertz CT molecular complexity index is 654. The molecule has 0 saturated carbocycles. The minimum Gasteiger partial charge on any atom is -0.439 e. The maximum absolute atomic E-state index is 6.26. The first-order valence-electron chi connectivity index (χ1n) is 7.11. The molecule has 0 N–H and O–H groups in total. The summed E-state index contributed by atoms with van der Waals surface area (Å²) in [6.45, 7) is 10.7. The lowest BCUT2D eigenvalue weighted by molar-refractivity contribution is 0.411. The van der Waals surface area contributed by atoms with Crippen molar-refractivity contribution >= 4 is 15.9 Å². The van der Waals surface area contributed by atoms with Crippen LogP contribution in [0.15, 0.2) is 18.2 Å². The number of benzene rings is 1. The number of alkyl halides is 1. The number of aryl methyl sites for hydroxylation is 3. The van der Waals surface area contributed by atoms with Crippen LogP contribution in [0.2, 0.25) is 0 Å². The van der Waals surface area contributed by atoms with Crippen LogP contribution in [0, 0.1) is 13.8 Å². The van der Waals surface area contributed by atoms with Crippen molar-refractivity contribution in [1.29, 1.82) is 0 Å². The zero-order chi connectivity index (χ0) is 15.8. The number of hydrogen-bond acceptors (Lipinski definition) is 2. The standard InChI is InChI=1S/C17H23BrN2O/c1-11-7-8-14(17(3,4)5)15(9-11)21-16-13(10-18)12(2)19-20(16)6/h7-9H,10H2,1-6H3. The Morgan fingerprint density at radius 3 is 2.48 bits per heavy atom. The average molecular weight is 351 g/mol. The van der Waals surface area contributed by atoms with Crippen molar-refractivity contribution in [3.8, 4) is 11.6 Å². The van der Waals surface area contributed by atoms with Gasteiger partial charge in [-0.3, -0.25) is 0 Å². The summed E-state index contributed by atoms with van der Waals surface area (Å²) in [5, 5.41) is 5.19. The van der Waals surface area contributed by atoms with E-state index in [1.54, 1.807) is 4.68 Å². The van der Waals surface area contributed by atoms with Crippen molar-refractivity contribution in [3.05, 3.63) is 40.6 Å². The lowest BCUT2D eigenvalue weighted by Crippen LogP contribution is -2.13. The Labute approximate surface area is 135 Å². The molecule has 0 radical (unpaired) electrons. The minimum absolute atomic E-state index is 0.0330. The van der Waals surface area contributed by atoms with Gasteiger partial charge in [0, 0.05) is 23.5 Å². The summed E-state index contributed by atoms with van der Waals surface area (Å²) < 4.78 is 8.07. The normalized spacial score (nSPS) is 11.8. The van der Waals surface area contributed by atoms with Gasteiger partial charge in [0.25, 0.3) is 0 Å². The van der Waals surface area contributed by atoms with E-state index in [4.69, 9.17) is 4.74 Å². The number of ether oxygens (including phenoxy) is 1. The highest BCUT2D eigenvalue weighted by atomic mass is 79.9. The second-order valence-corrected chi connectivity index (χ2v) is 7.04. The van der Waals surface area contributed by atoms with Gasteiger partial charge in [0.15, 0.2) is 0 Å². The minimum atomic E-state index is 0.0330. The molecule has 4 heteroatoms. The molecule has 0 fully saturated rings. The third-order valence-corrected chi connectivity index (χ3v) is 4.13. The van der Waals surface area contributed by atoms with Crippen molar-refractivity contribution in [3.63, 3.8) is 0 Å². The van der Waals surface area contributed by atoms with Gasteiger partial charge in [-0.2, -0.15) is 5.10 Å². The number of halogens is 1. The van der Waals surface area contributed by atoms with Crippen molar-refractivity contribution in [2.45, 2.75) is 45.4 Å². The largest absolute Gasteiger partial charge is 0.439 e. The second kappa shape index (κ2) is 5.84. The topological polar surface area (TPSA) is 27.1 Å². The van der Waals surface area contributed by atoms with E-state index in [2.05, 4.69) is 66.9 Å². The van der Waals surface area contributed by atoms with Gasteiger partial charge in [-0.25, -0.2) is 4.68 Å². The van der Waals surface area contributed by atoms with Crippen LogP contribution in [-0.4, -0.2) is 9.78 Å². The molecule has 0 aliphatic carbocycles. The van der Waals surface area contributed by atoms with Gasteiger partial charge in [0.2, 0.25) is 5.88 Å². The molecule has 0 aliphatic rings. The summed E-state index contributed by atoms with van der Waals surface area (Å²) in [6, 6.07) is 6.38. The van der Waals surface area contributed by atoms with Crippen molar-refractivity contribution in [1.82, 2.24) is 9.78 Å². The van der Waals surface area contributed by atoms with E-state index in [-0.39, 0.29) is 5.41 Å². The molecule has 0 amide bonds. The second-order valence-electron chi connectivity index (χ2n) is 6.48. The number of nitrogens with zero attached hydrogens (tertiary/aromatic N) is 2. The number of rotatable bonds is 3. The van der Waals surface area contributed by atoms with Crippen LogP contribution in [0.1, 0.15) is 43.2 Å². The van der Waals surface area contributed by atoms with Gasteiger partial charge in [0.05, 0.1) is 5.69 Å². The fourth-order valence-corrected chi connectivity index (χ4v) is 3.05. The third kappa shape index (κ3) is 3.31. The first kappa shape index (κ1) is 16.1. The Morgan fingerprint density at radius 2 is 1.90 bits per heavy atom. The lowest BCUT2D eigenvalue weighted by atomic mass is 9.86. The van der Waals surface area contributed by atoms with Gasteiger partial charge < -0.3 is 4.74 Å². The molecule has 0 atom stereocenters. The highest BCUT2D eigenvalue weighted by Gasteiger charge is 2.22. The van der Waals surface area contributed by atoms with Crippen LogP contribution in [0.3, 0.4) is 0 Å². The zero-order valence-corrected chi connectivity index (χ0v) is 15.2. The van der Waals surface area contributed by atoms with E-state index in [9.17, 15) is 0 Å². The van der Waals surface area contributed by atoms with E-state index in [1.807, 2.05) is 14.0 Å². The SMILES string of the molecule is Cc1ccc(C(C)(C)C)c(Oc2c(CBr)c(C)nn2C)c1. The predicted octanol–water partition coefficient (Wildman–Crippen LogP) is 5.02. The monoisotopic (exact) mass is 350 g/mol. The average Bonchev–Trinajstić information content (AvgIpc) is 2.62. The molecular weight excluding hydrogens is 328 g/mol. The van der Waals surface area contributed by atoms with E-state index in [0.29, 0.717) is 0 Å². The van der Waals surface area contributed by atoms with Crippen LogP contribution >= 0.6 is 15.9 Å². The molecule has 0 unspecified atom stereocenters. The zero-order valence-electron chi connectivity index (χ0n) is 13.6. The van der Waals surface area contributed by atoms with Gasteiger partial charge in [-0.05, 0) is 30.9 Å². The summed E-state index contributed by atoms with van der Waals surface area (Å²) >= 11 is 3.53. The van der Waals surface area contributed by atoms with Crippen LogP contribution in [0.4, 0.5) is 0 Å². The van der Waals surface area contributed by atoms with Crippen LogP contribution in [0.5, 0.6) is 11.6 Å². The van der Waals surface area contributed by atoms with Crippen LogP contribution in [0.25, 0.3) is 0 Å². The van der Waals surface area contributed by atoms with Crippen molar-refractivity contribution < 1.29 is 4.74 Å². The first-order valence-corrected chi connectivity index (χ1v) is 8.23. The van der Waals surface area contributed by atoms with E-state index >= 15 is 0 Å². The van der Waals surface area contributed by atoms with Crippen molar-refractivity contribution in [2.24, 2.45) is 7.05 Å². The highest BCUT2D eigenvalue weighted by molar-refractivity contribution is 9.08. The predicted molar refractivity (Wildman–Crippen MR) is 90.5 cm³/mol. The molecule has 3 nitrogen and oxygen atoms in total. The molecule has 114 valence electrons. The quantitative estimate of drug-likeness (QED) is 0.726. The van der Waals surface area contributed by atoms with E-state index < -0.39 is 0 Å². The summed E-state index contributed by atoms with van der Waals surface area (Å²) in [7, 11) is 1.92. The summed E-state index contributed by atoms with van der Waals surface area (Å²) in [4.78, 5) is 0. The maximum Gasteiger partial charge on any atom is 0.221 e. The fourth-order valence-electron chi connectivity index (χ4n) is 2.40. The third-order valence-electron chi connectivity index (χ3n) is 3.57. The Hall–Kier alpha value is -1.29. The number of hydrogen-bond donors (Lipinski definition) is 0. The molecule has 0 saturated heterocycles. The molecule has 0 spiro atoms. The van der Waals surface area contributed by atoms with Crippen molar-refractivity contribution in [2.75, 3.05) is 0 Å². The highest BCUT2D eigenvalue weighted by Crippen LogP contribution is 2.36. The molecule has 0 aliphatic heterocycles. The Morgan fingerprint density at radius 1 is 1.24 bits per heavy atom. The Balaban J connectivity index is 2.52. The molecule has 2 aromatic rings. The van der Waals surface area contributed by atoms with Gasteiger partial charge in [0.1, 0.15) is 5.75 Å². The maximum atomic E-state index is 6.26. The molecule has 21 heavy (non-hydrogen) atoms. The van der Waals surface area contributed by atoms with Gasteiger partial charge in [-0.15, -0.1) is 0 Å². The van der Waals surface area contributed by atoms with Crippen LogP contribution < -0.4 is 4.74 Å². The Kier molecular flexibility index (Phi) is 4.47. The summed E-state index contributed by atoms with van der Waals surface area (Å²) in [5.74, 6) is 1.72. The lowest BCUT2D eigenvalue weighted by Gasteiger charge is -2.23. The molecule has 1 aromatic carbocycles. The van der Waals surface area contributed by atoms with Crippen LogP contribution in [-0.2, 0) is 17.8 Å². The number of aromatic nitrogens is 2. The smallest absolute Gasteiger partial charge is 0.221 e. The van der Waals surface area contributed by atoms with E-state index in [0.717, 1.165) is 28.2 Å².